The lowest BCUT2D eigenvalue weighted by Gasteiger charge is -2.31. The van der Waals surface area contributed by atoms with E-state index in [-0.39, 0.29) is 31.0 Å². The zero-order chi connectivity index (χ0) is 24.0. The molecule has 2 aromatic carbocycles. The number of rotatable bonds is 9. The normalized spacial score (nSPS) is 14.7. The van der Waals surface area contributed by atoms with Crippen LogP contribution in [0.2, 0.25) is 5.02 Å². The van der Waals surface area contributed by atoms with Crippen LogP contribution in [0.15, 0.2) is 40.9 Å². The lowest BCUT2D eigenvalue weighted by Crippen LogP contribution is -2.52. The van der Waals surface area contributed by atoms with Gasteiger partial charge in [0.15, 0.2) is 6.61 Å². The van der Waals surface area contributed by atoms with Crippen molar-refractivity contribution in [2.75, 3.05) is 6.61 Å². The number of carbonyl (C=O) groups is 2. The molecular formula is C26H32BrClN2O3. The van der Waals surface area contributed by atoms with E-state index in [1.807, 2.05) is 51.1 Å². The second-order valence-corrected chi connectivity index (χ2v) is 9.89. The van der Waals surface area contributed by atoms with Gasteiger partial charge in [0.25, 0.3) is 5.91 Å². The van der Waals surface area contributed by atoms with Gasteiger partial charge in [0.05, 0.1) is 0 Å². The Bertz CT molecular complexity index is 968. The Morgan fingerprint density at radius 1 is 1.18 bits per heavy atom. The zero-order valence-corrected chi connectivity index (χ0v) is 21.8. The SMILES string of the molecule is CC[C@H](C(=O)NC1CCCC1)N(Cc1ccccc1Cl)C(=O)COc1cc(C)c(Br)c(C)c1. The van der Waals surface area contributed by atoms with E-state index in [9.17, 15) is 9.59 Å². The Hall–Kier alpha value is -2.05. The van der Waals surface area contributed by atoms with E-state index in [0.29, 0.717) is 17.2 Å². The molecule has 7 heteroatoms. The summed E-state index contributed by atoms with van der Waals surface area (Å²) in [7, 11) is 0. The Labute approximate surface area is 210 Å². The van der Waals surface area contributed by atoms with Crippen molar-refractivity contribution < 1.29 is 14.3 Å². The van der Waals surface area contributed by atoms with Crippen LogP contribution in [0, 0.1) is 13.8 Å². The van der Waals surface area contributed by atoms with Crippen molar-refractivity contribution in [3.8, 4) is 5.75 Å². The molecule has 2 aromatic rings. The van der Waals surface area contributed by atoms with Crippen LogP contribution in [-0.2, 0) is 16.1 Å². The third-order valence-corrected chi connectivity index (χ3v) is 7.78. The Kier molecular flexibility index (Phi) is 9.21. The van der Waals surface area contributed by atoms with Gasteiger partial charge >= 0.3 is 0 Å². The molecule has 5 nitrogen and oxygen atoms in total. The number of halogens is 2. The molecule has 1 saturated carbocycles. The summed E-state index contributed by atoms with van der Waals surface area (Å²) in [6, 6.07) is 10.8. The molecule has 33 heavy (non-hydrogen) atoms. The third-order valence-electron chi connectivity index (χ3n) is 6.16. The van der Waals surface area contributed by atoms with Crippen molar-refractivity contribution in [1.29, 1.82) is 0 Å². The first-order chi connectivity index (χ1) is 15.8. The van der Waals surface area contributed by atoms with Crippen LogP contribution >= 0.6 is 27.5 Å². The number of hydrogen-bond donors (Lipinski definition) is 1. The highest BCUT2D eigenvalue weighted by molar-refractivity contribution is 9.10. The lowest BCUT2D eigenvalue weighted by molar-refractivity contribution is -0.143. The van der Waals surface area contributed by atoms with Crippen LogP contribution in [0.3, 0.4) is 0 Å². The molecule has 1 aliphatic carbocycles. The van der Waals surface area contributed by atoms with E-state index in [1.165, 1.54) is 0 Å². The maximum absolute atomic E-state index is 13.4. The molecule has 0 heterocycles. The van der Waals surface area contributed by atoms with Gasteiger partial charge in [0.1, 0.15) is 11.8 Å². The highest BCUT2D eigenvalue weighted by atomic mass is 79.9. The largest absolute Gasteiger partial charge is 0.484 e. The summed E-state index contributed by atoms with van der Waals surface area (Å²) in [6.45, 7) is 5.98. The molecule has 1 fully saturated rings. The Morgan fingerprint density at radius 2 is 1.82 bits per heavy atom. The van der Waals surface area contributed by atoms with Gasteiger partial charge in [-0.2, -0.15) is 0 Å². The molecule has 0 radical (unpaired) electrons. The summed E-state index contributed by atoms with van der Waals surface area (Å²) in [6.07, 6.45) is 4.75. The molecule has 0 aliphatic heterocycles. The van der Waals surface area contributed by atoms with Crippen molar-refractivity contribution in [2.24, 2.45) is 0 Å². The van der Waals surface area contributed by atoms with Crippen LogP contribution in [0.4, 0.5) is 0 Å². The number of ether oxygens (including phenoxy) is 1. The van der Waals surface area contributed by atoms with Crippen molar-refractivity contribution in [3.63, 3.8) is 0 Å². The minimum absolute atomic E-state index is 0.111. The van der Waals surface area contributed by atoms with E-state index >= 15 is 0 Å². The van der Waals surface area contributed by atoms with E-state index in [1.54, 1.807) is 11.0 Å². The zero-order valence-electron chi connectivity index (χ0n) is 19.5. The smallest absolute Gasteiger partial charge is 0.261 e. The minimum Gasteiger partial charge on any atom is -0.484 e. The van der Waals surface area contributed by atoms with Gasteiger partial charge in [-0.25, -0.2) is 0 Å². The van der Waals surface area contributed by atoms with Crippen molar-refractivity contribution in [3.05, 3.63) is 62.6 Å². The van der Waals surface area contributed by atoms with E-state index in [2.05, 4.69) is 21.2 Å². The molecular weight excluding hydrogens is 504 g/mol. The number of aryl methyl sites for hydroxylation is 2. The van der Waals surface area contributed by atoms with E-state index < -0.39 is 6.04 Å². The summed E-state index contributed by atoms with van der Waals surface area (Å²) in [5, 5.41) is 3.72. The number of nitrogens with zero attached hydrogens (tertiary/aromatic N) is 1. The van der Waals surface area contributed by atoms with Crippen molar-refractivity contribution in [1.82, 2.24) is 10.2 Å². The van der Waals surface area contributed by atoms with Crippen LogP contribution in [0.25, 0.3) is 0 Å². The monoisotopic (exact) mass is 534 g/mol. The standard InChI is InChI=1S/C26H32BrClN2O3/c1-4-23(26(32)29-20-10-6-7-11-20)30(15-19-9-5-8-12-22(19)28)24(31)16-33-21-13-17(2)25(27)18(3)14-21/h5,8-9,12-14,20,23H,4,6-7,10-11,15-16H2,1-3H3,(H,29,32)/t23-/m1/s1. The molecule has 2 amide bonds. The molecule has 0 unspecified atom stereocenters. The van der Waals surface area contributed by atoms with Gasteiger partial charge in [-0.3, -0.25) is 9.59 Å². The fourth-order valence-corrected chi connectivity index (χ4v) is 4.74. The topological polar surface area (TPSA) is 58.6 Å². The van der Waals surface area contributed by atoms with Gasteiger partial charge in [-0.1, -0.05) is 65.5 Å². The molecule has 0 bridgehead atoms. The number of benzene rings is 2. The maximum Gasteiger partial charge on any atom is 0.261 e. The van der Waals surface area contributed by atoms with Gasteiger partial charge in [0.2, 0.25) is 5.91 Å². The van der Waals surface area contributed by atoms with Crippen molar-refractivity contribution in [2.45, 2.75) is 71.5 Å². The first kappa shape index (κ1) is 25.6. The first-order valence-electron chi connectivity index (χ1n) is 11.5. The summed E-state index contributed by atoms with van der Waals surface area (Å²) in [5.74, 6) is 0.268. The molecule has 1 N–H and O–H groups in total. The van der Waals surface area contributed by atoms with Crippen LogP contribution in [0.1, 0.15) is 55.7 Å². The molecule has 0 spiro atoms. The predicted molar refractivity (Wildman–Crippen MR) is 136 cm³/mol. The van der Waals surface area contributed by atoms with Crippen LogP contribution < -0.4 is 10.1 Å². The minimum atomic E-state index is -0.591. The molecule has 0 saturated heterocycles. The summed E-state index contributed by atoms with van der Waals surface area (Å²) >= 11 is 9.94. The van der Waals surface area contributed by atoms with Gasteiger partial charge < -0.3 is 15.0 Å². The highest BCUT2D eigenvalue weighted by Gasteiger charge is 2.31. The molecule has 0 aromatic heterocycles. The average molecular weight is 536 g/mol. The molecule has 178 valence electrons. The second-order valence-electron chi connectivity index (χ2n) is 8.69. The van der Waals surface area contributed by atoms with Gasteiger partial charge in [0, 0.05) is 22.1 Å². The lowest BCUT2D eigenvalue weighted by atomic mass is 10.1. The van der Waals surface area contributed by atoms with Crippen LogP contribution in [0.5, 0.6) is 5.75 Å². The summed E-state index contributed by atoms with van der Waals surface area (Å²) in [4.78, 5) is 28.1. The van der Waals surface area contributed by atoms with E-state index in [0.717, 1.165) is 46.8 Å². The maximum atomic E-state index is 13.4. The fourth-order valence-electron chi connectivity index (χ4n) is 4.31. The van der Waals surface area contributed by atoms with Gasteiger partial charge in [-0.15, -0.1) is 0 Å². The molecule has 1 atom stereocenters. The van der Waals surface area contributed by atoms with Crippen LogP contribution in [-0.4, -0.2) is 35.4 Å². The first-order valence-corrected chi connectivity index (χ1v) is 12.7. The number of amides is 2. The predicted octanol–water partition coefficient (Wildman–Crippen LogP) is 5.96. The summed E-state index contributed by atoms with van der Waals surface area (Å²) in [5.41, 5.74) is 2.87. The van der Waals surface area contributed by atoms with Crippen molar-refractivity contribution >= 4 is 39.3 Å². The average Bonchev–Trinajstić information content (AvgIpc) is 3.29. The fraction of sp³-hybridized carbons (Fsp3) is 0.462. The summed E-state index contributed by atoms with van der Waals surface area (Å²) < 4.78 is 6.89. The number of carbonyl (C=O) groups excluding carboxylic acids is 2. The third kappa shape index (κ3) is 6.73. The van der Waals surface area contributed by atoms with E-state index in [4.69, 9.17) is 16.3 Å². The number of nitrogens with one attached hydrogen (secondary N) is 1. The Morgan fingerprint density at radius 3 is 2.42 bits per heavy atom. The highest BCUT2D eigenvalue weighted by Crippen LogP contribution is 2.27. The van der Waals surface area contributed by atoms with Gasteiger partial charge in [-0.05, 0) is 68.0 Å². The quantitative estimate of drug-likeness (QED) is 0.431. The molecule has 1 aliphatic rings. The Balaban J connectivity index is 1.79. The molecule has 3 rings (SSSR count). The number of hydrogen-bond acceptors (Lipinski definition) is 3. The second kappa shape index (κ2) is 11.9.